The summed E-state index contributed by atoms with van der Waals surface area (Å²) in [6, 6.07) is 15.4. The number of hydrogen-bond donors (Lipinski definition) is 0. The number of carbonyl (C=O) groups is 1. The maximum atomic E-state index is 11.6. The van der Waals surface area contributed by atoms with Gasteiger partial charge in [-0.25, -0.2) is 4.79 Å². The molecule has 0 N–H and O–H groups in total. The highest BCUT2D eigenvalue weighted by molar-refractivity contribution is 5.89. The van der Waals surface area contributed by atoms with Crippen LogP contribution in [0.25, 0.3) is 0 Å². The highest BCUT2D eigenvalue weighted by atomic mass is 16.5. The number of anilines is 1. The number of ether oxygens (including phenoxy) is 1. The molecule has 1 fully saturated rings. The fourth-order valence-electron chi connectivity index (χ4n) is 2.94. The summed E-state index contributed by atoms with van der Waals surface area (Å²) >= 11 is 0. The molecule has 0 atom stereocenters. The van der Waals surface area contributed by atoms with Crippen LogP contribution in [-0.2, 0) is 4.74 Å². The maximum Gasteiger partial charge on any atom is 0.338 e. The highest BCUT2D eigenvalue weighted by Gasteiger charge is 2.17. The smallest absolute Gasteiger partial charge is 0.338 e. The van der Waals surface area contributed by atoms with Crippen LogP contribution in [0.5, 0.6) is 0 Å². The van der Waals surface area contributed by atoms with E-state index in [2.05, 4.69) is 46.4 Å². The zero-order chi connectivity index (χ0) is 18.4. The molecule has 1 saturated heterocycles. The zero-order valence-electron chi connectivity index (χ0n) is 15.3. The van der Waals surface area contributed by atoms with E-state index in [1.165, 1.54) is 11.3 Å². The molecule has 26 heavy (non-hydrogen) atoms. The predicted octanol–water partition coefficient (Wildman–Crippen LogP) is 3.99. The van der Waals surface area contributed by atoms with Gasteiger partial charge in [0.15, 0.2) is 0 Å². The summed E-state index contributed by atoms with van der Waals surface area (Å²) in [5.74, 6) is -0.316. The summed E-state index contributed by atoms with van der Waals surface area (Å²) in [4.78, 5) is 14.0. The number of aryl methyl sites for hydroxylation is 1. The normalized spacial score (nSPS) is 14.7. The summed E-state index contributed by atoms with van der Waals surface area (Å²) in [5.41, 5.74) is 3.83. The molecule has 0 aliphatic carbocycles. The van der Waals surface area contributed by atoms with E-state index in [0.29, 0.717) is 12.2 Å². The van der Waals surface area contributed by atoms with Gasteiger partial charge in [0, 0.05) is 18.8 Å². The van der Waals surface area contributed by atoms with Gasteiger partial charge in [-0.2, -0.15) is 0 Å². The van der Waals surface area contributed by atoms with Crippen LogP contribution in [0.15, 0.2) is 58.9 Å². The second kappa shape index (κ2) is 8.47. The fourth-order valence-corrected chi connectivity index (χ4v) is 2.94. The molecule has 0 radical (unpaired) electrons. The third-order valence-corrected chi connectivity index (χ3v) is 4.38. The monoisotopic (exact) mass is 352 g/mol. The lowest BCUT2D eigenvalue weighted by Gasteiger charge is -2.34. The molecule has 3 rings (SSSR count). The van der Waals surface area contributed by atoms with Gasteiger partial charge in [0.2, 0.25) is 0 Å². The molecular formula is C20H24N4O2. The number of hydrogen-bond acceptors (Lipinski definition) is 5. The van der Waals surface area contributed by atoms with E-state index in [4.69, 9.17) is 4.74 Å². The molecule has 1 aliphatic rings. The van der Waals surface area contributed by atoms with Crippen molar-refractivity contribution in [3.8, 4) is 0 Å². The van der Waals surface area contributed by atoms with Crippen molar-refractivity contribution >= 4 is 17.3 Å². The Morgan fingerprint density at radius 3 is 2.38 bits per heavy atom. The molecule has 1 heterocycles. The Morgan fingerprint density at radius 2 is 1.73 bits per heavy atom. The van der Waals surface area contributed by atoms with Crippen molar-refractivity contribution < 1.29 is 9.53 Å². The highest BCUT2D eigenvalue weighted by Crippen LogP contribution is 2.21. The summed E-state index contributed by atoms with van der Waals surface area (Å²) in [5, 5.41) is 10.6. The molecular weight excluding hydrogens is 328 g/mol. The maximum absolute atomic E-state index is 11.6. The first kappa shape index (κ1) is 17.9. The van der Waals surface area contributed by atoms with Crippen molar-refractivity contribution in [1.29, 1.82) is 0 Å². The van der Waals surface area contributed by atoms with Crippen molar-refractivity contribution in [3.63, 3.8) is 0 Å². The molecule has 0 spiro atoms. The van der Waals surface area contributed by atoms with Crippen molar-refractivity contribution in [3.05, 3.63) is 59.7 Å². The van der Waals surface area contributed by atoms with Crippen LogP contribution < -0.4 is 4.90 Å². The number of esters is 1. The molecule has 0 bridgehead atoms. The lowest BCUT2D eigenvalue weighted by molar-refractivity contribution is 0.0526. The van der Waals surface area contributed by atoms with Gasteiger partial charge < -0.3 is 9.64 Å². The molecule has 1 aliphatic heterocycles. The first-order valence-electron chi connectivity index (χ1n) is 8.91. The van der Waals surface area contributed by atoms with Crippen molar-refractivity contribution in [2.75, 3.05) is 37.7 Å². The molecule has 2 aromatic rings. The van der Waals surface area contributed by atoms with Crippen LogP contribution in [-0.4, -0.2) is 43.8 Å². The van der Waals surface area contributed by atoms with E-state index in [1.54, 1.807) is 31.2 Å². The predicted molar refractivity (Wildman–Crippen MR) is 102 cm³/mol. The Balaban J connectivity index is 1.54. The third kappa shape index (κ3) is 4.39. The van der Waals surface area contributed by atoms with Gasteiger partial charge in [-0.15, -0.1) is 5.11 Å². The van der Waals surface area contributed by atoms with Gasteiger partial charge in [-0.1, -0.05) is 23.4 Å². The number of benzene rings is 2. The average Bonchev–Trinajstić information content (AvgIpc) is 2.68. The molecule has 136 valence electrons. The number of carbonyl (C=O) groups excluding carboxylic acids is 1. The Morgan fingerprint density at radius 1 is 1.04 bits per heavy atom. The number of piperazine rings is 1. The summed E-state index contributed by atoms with van der Waals surface area (Å²) in [7, 11) is 0. The first-order chi connectivity index (χ1) is 12.7. The second-order valence-corrected chi connectivity index (χ2v) is 6.18. The number of nitrogens with zero attached hydrogens (tertiary/aromatic N) is 4. The van der Waals surface area contributed by atoms with Gasteiger partial charge in [-0.05, 0) is 49.7 Å². The molecule has 2 aromatic carbocycles. The van der Waals surface area contributed by atoms with Gasteiger partial charge in [-0.3, -0.25) is 5.01 Å². The van der Waals surface area contributed by atoms with E-state index < -0.39 is 0 Å². The van der Waals surface area contributed by atoms with E-state index in [1.807, 2.05) is 5.01 Å². The van der Waals surface area contributed by atoms with E-state index >= 15 is 0 Å². The SMILES string of the molecule is CCOC(=O)c1ccc(/N=N/N2CCN(c3ccccc3C)CC2)cc1. The summed E-state index contributed by atoms with van der Waals surface area (Å²) in [6.45, 7) is 7.81. The lowest BCUT2D eigenvalue weighted by Crippen LogP contribution is -2.44. The van der Waals surface area contributed by atoms with E-state index in [0.717, 1.165) is 31.9 Å². The Kier molecular flexibility index (Phi) is 5.84. The molecule has 0 aromatic heterocycles. The van der Waals surface area contributed by atoms with Gasteiger partial charge >= 0.3 is 5.97 Å². The average molecular weight is 352 g/mol. The fraction of sp³-hybridized carbons (Fsp3) is 0.350. The molecule has 0 amide bonds. The van der Waals surface area contributed by atoms with E-state index in [9.17, 15) is 4.79 Å². The minimum Gasteiger partial charge on any atom is -0.462 e. The topological polar surface area (TPSA) is 57.5 Å². The second-order valence-electron chi connectivity index (χ2n) is 6.18. The number of rotatable bonds is 5. The standard InChI is InChI=1S/C20H24N4O2/c1-3-26-20(25)17-8-10-18(11-9-17)21-22-24-14-12-23(13-15-24)19-7-5-4-6-16(19)2/h4-11H,3,12-15H2,1-2H3/b22-21+. The lowest BCUT2D eigenvalue weighted by atomic mass is 10.1. The van der Waals surface area contributed by atoms with Gasteiger partial charge in [0.05, 0.1) is 30.9 Å². The minimum atomic E-state index is -0.316. The largest absolute Gasteiger partial charge is 0.462 e. The Hall–Kier alpha value is -2.89. The van der Waals surface area contributed by atoms with Crippen LogP contribution in [0.1, 0.15) is 22.8 Å². The van der Waals surface area contributed by atoms with Crippen molar-refractivity contribution in [2.45, 2.75) is 13.8 Å². The van der Waals surface area contributed by atoms with E-state index in [-0.39, 0.29) is 5.97 Å². The Bertz CT molecular complexity index is 766. The van der Waals surface area contributed by atoms with Crippen LogP contribution in [0.4, 0.5) is 11.4 Å². The van der Waals surface area contributed by atoms with Crippen molar-refractivity contribution in [2.24, 2.45) is 10.3 Å². The van der Waals surface area contributed by atoms with Crippen LogP contribution >= 0.6 is 0 Å². The first-order valence-corrected chi connectivity index (χ1v) is 8.91. The molecule has 0 unspecified atom stereocenters. The molecule has 6 nitrogen and oxygen atoms in total. The quantitative estimate of drug-likeness (QED) is 0.603. The zero-order valence-corrected chi connectivity index (χ0v) is 15.3. The Labute approximate surface area is 154 Å². The van der Waals surface area contributed by atoms with Crippen LogP contribution in [0.2, 0.25) is 0 Å². The molecule has 6 heteroatoms. The van der Waals surface area contributed by atoms with Crippen LogP contribution in [0, 0.1) is 6.92 Å². The van der Waals surface area contributed by atoms with Gasteiger partial charge in [0.1, 0.15) is 0 Å². The van der Waals surface area contributed by atoms with Gasteiger partial charge in [0.25, 0.3) is 0 Å². The number of para-hydroxylation sites is 1. The third-order valence-electron chi connectivity index (χ3n) is 4.38. The minimum absolute atomic E-state index is 0.316. The summed E-state index contributed by atoms with van der Waals surface area (Å²) < 4.78 is 4.97. The summed E-state index contributed by atoms with van der Waals surface area (Å²) in [6.07, 6.45) is 0. The van der Waals surface area contributed by atoms with Crippen LogP contribution in [0.3, 0.4) is 0 Å². The molecule has 0 saturated carbocycles. The van der Waals surface area contributed by atoms with Crippen molar-refractivity contribution in [1.82, 2.24) is 5.01 Å².